The molecular weight excluding hydrogens is 1640 g/mol. The Morgan fingerprint density at radius 3 is 0.880 bits per heavy atom. The van der Waals surface area contributed by atoms with Gasteiger partial charge in [-0.05, 0) is 230 Å². The number of hydrogen-bond donors (Lipinski definition) is 0. The molecule has 0 aliphatic heterocycles. The van der Waals surface area contributed by atoms with Crippen molar-refractivity contribution in [2.45, 2.75) is 62.2 Å². The third-order valence-electron chi connectivity index (χ3n) is 26.9. The number of benzene rings is 16. The molecule has 642 valence electrons. The van der Waals surface area contributed by atoms with Crippen molar-refractivity contribution in [2.75, 3.05) is 0 Å². The van der Waals surface area contributed by atoms with Gasteiger partial charge in [-0.1, -0.05) is 243 Å². The normalized spacial score (nSPS) is 12.1. The van der Waals surface area contributed by atoms with Crippen LogP contribution in [0.1, 0.15) is 54.4 Å². The summed E-state index contributed by atoms with van der Waals surface area (Å²) in [6.07, 6.45) is 3.69. The summed E-state index contributed by atoms with van der Waals surface area (Å²) in [6.45, 7) is 14.8. The number of furan rings is 5. The molecule has 0 saturated heterocycles. The van der Waals surface area contributed by atoms with E-state index in [0.29, 0.717) is 0 Å². The summed E-state index contributed by atoms with van der Waals surface area (Å²) in [5.74, 6) is 0. The second-order valence-corrected chi connectivity index (χ2v) is 34.8. The zero-order chi connectivity index (χ0) is 93.4. The van der Waals surface area contributed by atoms with E-state index in [1.54, 1.807) is 24.0 Å². The summed E-state index contributed by atoms with van der Waals surface area (Å²) in [5.41, 5.74) is 30.4. The second-order valence-electron chi connectivity index (χ2n) is 34.8. The summed E-state index contributed by atoms with van der Waals surface area (Å²) in [6, 6.07) is 109. The van der Waals surface area contributed by atoms with Crippen LogP contribution in [0.15, 0.2) is 350 Å². The molecule has 0 saturated carbocycles. The van der Waals surface area contributed by atoms with Crippen molar-refractivity contribution in [3.8, 4) is 56.3 Å². The van der Waals surface area contributed by atoms with Gasteiger partial charge < -0.3 is 22.1 Å². The zero-order valence-corrected chi connectivity index (χ0v) is 76.2. The van der Waals surface area contributed by atoms with Crippen molar-refractivity contribution >= 4 is 174 Å². The molecule has 10 heterocycles. The monoisotopic (exact) mass is 1730 g/mol. The van der Waals surface area contributed by atoms with Crippen molar-refractivity contribution in [3.63, 3.8) is 0 Å². The fourth-order valence-corrected chi connectivity index (χ4v) is 20.6. The third kappa shape index (κ3) is 13.6. The van der Waals surface area contributed by atoms with E-state index in [9.17, 15) is 0 Å². The number of pyridine rings is 1. The lowest BCUT2D eigenvalue weighted by Crippen LogP contribution is -2.36. The van der Waals surface area contributed by atoms with Gasteiger partial charge in [0.25, 0.3) is 0 Å². The Bertz CT molecular complexity index is 9450. The van der Waals surface area contributed by atoms with Crippen LogP contribution in [0, 0.1) is 62.2 Å². The van der Waals surface area contributed by atoms with Crippen molar-refractivity contribution < 1.29 is 49.5 Å². The van der Waals surface area contributed by atoms with Crippen LogP contribution in [0.5, 0.6) is 0 Å². The molecule has 0 spiro atoms. The lowest BCUT2D eigenvalue weighted by Gasteiger charge is -2.11. The Balaban J connectivity index is 0.0000000987. The van der Waals surface area contributed by atoms with Crippen molar-refractivity contribution in [1.29, 1.82) is 0 Å². The zero-order valence-electron chi connectivity index (χ0n) is 79.2. The first-order valence-corrected chi connectivity index (χ1v) is 45.0. The maximum Gasteiger partial charge on any atom is 0.243 e. The highest BCUT2D eigenvalue weighted by Gasteiger charge is 2.32. The Kier molecular flexibility index (Phi) is 19.5. The smallest absolute Gasteiger partial charge is 0.243 e. The average Bonchev–Trinajstić information content (AvgIpc) is 1.54. The molecule has 16 aromatic carbocycles. The van der Waals surface area contributed by atoms with Gasteiger partial charge in [-0.2, -0.15) is 4.57 Å². The van der Waals surface area contributed by atoms with E-state index < -0.39 is 6.85 Å². The Labute approximate surface area is 771 Å². The van der Waals surface area contributed by atoms with Crippen LogP contribution in [0.3, 0.4) is 0 Å². The van der Waals surface area contributed by atoms with Crippen LogP contribution in [-0.2, 0) is 35.2 Å². The van der Waals surface area contributed by atoms with Gasteiger partial charge in [0.2, 0.25) is 34.0 Å². The molecule has 26 aromatic rings. The number of aromatic nitrogens is 9. The molecule has 14 nitrogen and oxygen atoms in total. The van der Waals surface area contributed by atoms with Crippen molar-refractivity contribution in [1.82, 2.24) is 20.4 Å². The highest BCUT2D eigenvalue weighted by molar-refractivity contribution is 6.28. The molecule has 133 heavy (non-hydrogen) atoms. The molecular formula is C119H96N9O5+5. The maximum absolute atomic E-state index is 7.64. The standard InChI is InChI=1S/C28H22NO.3C23H19N2O.C22H17N2O/c1-17-9-8-13-23-19(17)15-16-24(29(23)3)26-18(2)20-10-4-5-11-21(20)27-22-12-6-7-14-25(22)30-28(26)27;1-14-12-19(25(3)24-13-14)21-15(2)16-8-4-5-9-17(16)22-18-10-6-7-11-20(18)26-23(21)22;2*1-14-12-13-19(25(3)24-14)21-15(2)16-8-4-5-9-17(16)22-18-10-6-7-11-20(18)26-23(21)22;1-14-15-8-3-4-9-16(15)21-17-10-5-6-12-19(17)25-22(21)20(14)18-11-7-13-23-24(18)2/h4-16H,1-3H3;3*4-13H,1-3H3;3-13H,1-2H3/q5*+1/i;;1D3;;. The lowest BCUT2D eigenvalue weighted by molar-refractivity contribution is -0.720. The summed E-state index contributed by atoms with van der Waals surface area (Å²) >= 11 is 0. The van der Waals surface area contributed by atoms with Gasteiger partial charge in [0.05, 0.1) is 40.2 Å². The van der Waals surface area contributed by atoms with Gasteiger partial charge in [-0.25, -0.2) is 0 Å². The van der Waals surface area contributed by atoms with Crippen molar-refractivity contribution in [3.05, 3.63) is 378 Å². The minimum Gasteiger partial charge on any atom is -0.455 e. The predicted molar refractivity (Wildman–Crippen MR) is 541 cm³/mol. The van der Waals surface area contributed by atoms with Crippen LogP contribution < -0.4 is 23.3 Å². The number of rotatable bonds is 5. The van der Waals surface area contributed by atoms with Crippen LogP contribution >= 0.6 is 0 Å². The van der Waals surface area contributed by atoms with Gasteiger partial charge in [0, 0.05) is 99.8 Å². The molecule has 0 aliphatic rings. The van der Waals surface area contributed by atoms with E-state index in [-0.39, 0.29) is 5.69 Å². The number of para-hydroxylation sites is 5. The summed E-state index contributed by atoms with van der Waals surface area (Å²) in [4.78, 5) is 0. The first-order valence-electron chi connectivity index (χ1n) is 46.5. The summed E-state index contributed by atoms with van der Waals surface area (Å²) < 4.78 is 64.5. The Hall–Kier alpha value is -16.5. The molecule has 0 bridgehead atoms. The van der Waals surface area contributed by atoms with E-state index in [1.165, 1.54) is 120 Å². The van der Waals surface area contributed by atoms with Gasteiger partial charge in [0.1, 0.15) is 74.3 Å². The Morgan fingerprint density at radius 2 is 0.534 bits per heavy atom. The van der Waals surface area contributed by atoms with E-state index in [2.05, 4.69) is 305 Å². The number of hydrogen-bond acceptors (Lipinski definition) is 9. The molecule has 0 unspecified atom stereocenters. The molecule has 14 heteroatoms. The van der Waals surface area contributed by atoms with Crippen LogP contribution in [0.2, 0.25) is 0 Å². The molecule has 0 radical (unpaired) electrons. The number of nitrogens with zero attached hydrogens (tertiary/aromatic N) is 9. The summed E-state index contributed by atoms with van der Waals surface area (Å²) in [5, 5.41) is 42.9. The number of aryl methyl sites for hydroxylation is 14. The van der Waals surface area contributed by atoms with E-state index in [4.69, 9.17) is 26.2 Å². The topological polar surface area (TPSA) is 137 Å². The molecule has 0 atom stereocenters. The van der Waals surface area contributed by atoms with E-state index in [1.807, 2.05) is 133 Å². The first kappa shape index (κ1) is 78.8. The van der Waals surface area contributed by atoms with Gasteiger partial charge in [-0.15, -0.1) is 0 Å². The first-order chi connectivity index (χ1) is 66.1. The Morgan fingerprint density at radius 1 is 0.241 bits per heavy atom. The predicted octanol–water partition coefficient (Wildman–Crippen LogP) is 27.7. The minimum atomic E-state index is -2.25. The molecule has 0 aliphatic carbocycles. The summed E-state index contributed by atoms with van der Waals surface area (Å²) in [7, 11) is 9.87. The van der Waals surface area contributed by atoms with Crippen LogP contribution in [-0.4, -0.2) is 20.4 Å². The molecule has 0 fully saturated rings. The van der Waals surface area contributed by atoms with Gasteiger partial charge in [0.15, 0.2) is 28.2 Å². The highest BCUT2D eigenvalue weighted by atomic mass is 16.3. The highest BCUT2D eigenvalue weighted by Crippen LogP contribution is 2.49. The molecule has 10 aromatic heterocycles. The van der Waals surface area contributed by atoms with Crippen LogP contribution in [0.4, 0.5) is 0 Å². The SMILES string of the molecule is Cc1c(-c2ccc3c(C)cccc3[n+]2C)c2oc3ccccc3c2c2ccccc12.Cc1c(-c2cccn[n+]2C)c2oc3ccccc3c2c2ccccc12.Cc1ccc(-c2c(C)c3ccccc3c3c2oc2ccccc23)[n+](C)n1.Cc1cn[n+](C)c(-c2c(C)c3ccccc3c3c2oc2ccccc23)c1.[2H]C([2H])([2H])c1ccc(-c2c(C)c3ccccc3c3c2oc2ccccc23)[n+](C)n1. The quantitative estimate of drug-likeness (QED) is 0.154. The van der Waals surface area contributed by atoms with E-state index >= 15 is 0 Å². The molecule has 0 N–H and O–H groups in total. The molecule has 0 amide bonds. The fourth-order valence-electron chi connectivity index (χ4n) is 20.6. The number of fused-ring (bicyclic) bond motifs is 26. The van der Waals surface area contributed by atoms with Crippen LogP contribution in [0.25, 0.3) is 231 Å². The van der Waals surface area contributed by atoms with Gasteiger partial charge >= 0.3 is 0 Å². The van der Waals surface area contributed by atoms with E-state index in [0.717, 1.165) is 155 Å². The third-order valence-corrected chi connectivity index (χ3v) is 26.9. The second kappa shape index (κ2) is 32.9. The minimum absolute atomic E-state index is 0.0723. The lowest BCUT2D eigenvalue weighted by atomic mass is 9.93. The van der Waals surface area contributed by atoms with Gasteiger partial charge in [-0.3, -0.25) is 0 Å². The van der Waals surface area contributed by atoms with Crippen molar-refractivity contribution in [2.24, 2.45) is 35.2 Å². The average molecular weight is 1740 g/mol. The molecule has 26 rings (SSSR count). The largest absolute Gasteiger partial charge is 0.455 e. The fraction of sp³-hybridized carbons (Fsp3) is 0.118. The maximum atomic E-state index is 7.64.